The SMILES string of the molecule is O=C(Nc1cc(Cl)ccc1OCc1ccccc1)c1ccc([N+](=O)[O-])cc1. The normalized spacial score (nSPS) is 10.3. The number of hydrogen-bond acceptors (Lipinski definition) is 4. The summed E-state index contributed by atoms with van der Waals surface area (Å²) in [5, 5.41) is 13.9. The summed E-state index contributed by atoms with van der Waals surface area (Å²) in [6.45, 7) is 0.336. The highest BCUT2D eigenvalue weighted by Crippen LogP contribution is 2.29. The van der Waals surface area contributed by atoms with Gasteiger partial charge in [-0.1, -0.05) is 41.9 Å². The lowest BCUT2D eigenvalue weighted by Gasteiger charge is -2.13. The molecule has 0 radical (unpaired) electrons. The Bertz CT molecular complexity index is 959. The highest BCUT2D eigenvalue weighted by Gasteiger charge is 2.13. The zero-order valence-electron chi connectivity index (χ0n) is 14.1. The number of benzene rings is 3. The summed E-state index contributed by atoms with van der Waals surface area (Å²) < 4.78 is 5.80. The van der Waals surface area contributed by atoms with Crippen LogP contribution in [0.5, 0.6) is 5.75 Å². The Hall–Kier alpha value is -3.38. The van der Waals surface area contributed by atoms with E-state index < -0.39 is 10.8 Å². The van der Waals surface area contributed by atoms with Crippen molar-refractivity contribution >= 4 is 28.9 Å². The van der Waals surface area contributed by atoms with E-state index in [4.69, 9.17) is 16.3 Å². The lowest BCUT2D eigenvalue weighted by atomic mass is 10.2. The molecule has 6 nitrogen and oxygen atoms in total. The average molecular weight is 383 g/mol. The molecule has 0 fully saturated rings. The van der Waals surface area contributed by atoms with E-state index in [0.717, 1.165) is 5.56 Å². The second-order valence-corrected chi connectivity index (χ2v) is 6.11. The second kappa shape index (κ2) is 8.33. The first-order chi connectivity index (χ1) is 13.0. The number of non-ortho nitro benzene ring substituents is 1. The standard InChI is InChI=1S/C20H15ClN2O4/c21-16-8-11-19(27-13-14-4-2-1-3-5-14)18(12-16)22-20(24)15-6-9-17(10-7-15)23(25)26/h1-12H,13H2,(H,22,24). The molecule has 3 aromatic rings. The monoisotopic (exact) mass is 382 g/mol. The van der Waals surface area contributed by atoms with Crippen molar-refractivity contribution in [1.82, 2.24) is 0 Å². The first-order valence-electron chi connectivity index (χ1n) is 8.05. The van der Waals surface area contributed by atoms with Crippen LogP contribution in [0.3, 0.4) is 0 Å². The van der Waals surface area contributed by atoms with Gasteiger partial charge in [-0.25, -0.2) is 0 Å². The molecule has 0 aliphatic rings. The number of carbonyl (C=O) groups excluding carboxylic acids is 1. The molecule has 0 saturated carbocycles. The smallest absolute Gasteiger partial charge is 0.269 e. The van der Waals surface area contributed by atoms with Gasteiger partial charge in [0.05, 0.1) is 10.6 Å². The molecule has 0 aliphatic heterocycles. The number of anilines is 1. The minimum atomic E-state index is -0.520. The van der Waals surface area contributed by atoms with Crippen LogP contribution in [0.1, 0.15) is 15.9 Å². The summed E-state index contributed by atoms with van der Waals surface area (Å²) >= 11 is 6.04. The van der Waals surface area contributed by atoms with Gasteiger partial charge in [-0.3, -0.25) is 14.9 Å². The van der Waals surface area contributed by atoms with Gasteiger partial charge >= 0.3 is 0 Å². The van der Waals surface area contributed by atoms with E-state index >= 15 is 0 Å². The lowest BCUT2D eigenvalue weighted by Crippen LogP contribution is -2.13. The van der Waals surface area contributed by atoms with Crippen LogP contribution >= 0.6 is 11.6 Å². The summed E-state index contributed by atoms with van der Waals surface area (Å²) in [5.74, 6) is 0.0511. The molecule has 3 rings (SSSR count). The van der Waals surface area contributed by atoms with Crippen molar-refractivity contribution in [2.75, 3.05) is 5.32 Å². The maximum atomic E-state index is 12.5. The Labute approximate surface area is 160 Å². The number of amides is 1. The quantitative estimate of drug-likeness (QED) is 0.476. The fourth-order valence-electron chi connectivity index (χ4n) is 2.39. The Kier molecular flexibility index (Phi) is 5.68. The van der Waals surface area contributed by atoms with Gasteiger partial charge in [-0.2, -0.15) is 0 Å². The number of nitro benzene ring substituents is 1. The molecule has 0 heterocycles. The molecule has 0 aromatic heterocycles. The average Bonchev–Trinajstić information content (AvgIpc) is 2.68. The van der Waals surface area contributed by atoms with Gasteiger partial charge < -0.3 is 10.1 Å². The fourth-order valence-corrected chi connectivity index (χ4v) is 2.56. The van der Waals surface area contributed by atoms with Crippen molar-refractivity contribution in [3.63, 3.8) is 0 Å². The molecule has 1 N–H and O–H groups in total. The molecule has 0 aliphatic carbocycles. The number of nitrogens with one attached hydrogen (secondary N) is 1. The van der Waals surface area contributed by atoms with E-state index in [0.29, 0.717) is 23.1 Å². The van der Waals surface area contributed by atoms with Crippen LogP contribution in [0, 0.1) is 10.1 Å². The summed E-state index contributed by atoms with van der Waals surface area (Å²) in [4.78, 5) is 22.7. The van der Waals surface area contributed by atoms with Gasteiger partial charge in [0, 0.05) is 22.7 Å². The van der Waals surface area contributed by atoms with Crippen LogP contribution < -0.4 is 10.1 Å². The van der Waals surface area contributed by atoms with Crippen molar-refractivity contribution in [2.45, 2.75) is 6.61 Å². The molecule has 27 heavy (non-hydrogen) atoms. The van der Waals surface area contributed by atoms with E-state index in [9.17, 15) is 14.9 Å². The summed E-state index contributed by atoms with van der Waals surface area (Å²) in [5.41, 5.74) is 1.61. The van der Waals surface area contributed by atoms with Gasteiger partial charge in [0.15, 0.2) is 0 Å². The number of halogens is 1. The van der Waals surface area contributed by atoms with Gasteiger partial charge in [0.1, 0.15) is 12.4 Å². The predicted molar refractivity (Wildman–Crippen MR) is 103 cm³/mol. The number of rotatable bonds is 6. The van der Waals surface area contributed by atoms with Crippen molar-refractivity contribution in [3.05, 3.63) is 99.1 Å². The summed E-state index contributed by atoms with van der Waals surface area (Å²) in [6, 6.07) is 19.9. The first-order valence-corrected chi connectivity index (χ1v) is 8.43. The van der Waals surface area contributed by atoms with Gasteiger partial charge in [-0.05, 0) is 35.9 Å². The molecule has 0 saturated heterocycles. The molecule has 136 valence electrons. The van der Waals surface area contributed by atoms with E-state index in [1.165, 1.54) is 24.3 Å². The third kappa shape index (κ3) is 4.83. The topological polar surface area (TPSA) is 81.5 Å². The molecule has 0 atom stereocenters. The van der Waals surface area contributed by atoms with Crippen LogP contribution in [0.4, 0.5) is 11.4 Å². The Balaban J connectivity index is 1.76. The van der Waals surface area contributed by atoms with E-state index in [-0.39, 0.29) is 11.3 Å². The zero-order valence-corrected chi connectivity index (χ0v) is 14.8. The predicted octanol–water partition coefficient (Wildman–Crippen LogP) is 5.08. The number of hydrogen-bond donors (Lipinski definition) is 1. The Morgan fingerprint density at radius 2 is 1.74 bits per heavy atom. The molecular formula is C20H15ClN2O4. The number of ether oxygens (including phenoxy) is 1. The van der Waals surface area contributed by atoms with Gasteiger partial charge in [0.2, 0.25) is 0 Å². The van der Waals surface area contributed by atoms with Crippen molar-refractivity contribution in [1.29, 1.82) is 0 Å². The van der Waals surface area contributed by atoms with Crippen molar-refractivity contribution < 1.29 is 14.5 Å². The molecule has 1 amide bonds. The molecule has 3 aromatic carbocycles. The van der Waals surface area contributed by atoms with Gasteiger partial charge in [-0.15, -0.1) is 0 Å². The van der Waals surface area contributed by atoms with Crippen LogP contribution in [-0.2, 0) is 6.61 Å². The third-order valence-electron chi connectivity index (χ3n) is 3.77. The minimum Gasteiger partial charge on any atom is -0.487 e. The second-order valence-electron chi connectivity index (χ2n) is 5.67. The van der Waals surface area contributed by atoms with Crippen LogP contribution in [0.15, 0.2) is 72.8 Å². The molecule has 0 bridgehead atoms. The van der Waals surface area contributed by atoms with Crippen LogP contribution in [0.25, 0.3) is 0 Å². The largest absolute Gasteiger partial charge is 0.487 e. The Morgan fingerprint density at radius 1 is 1.04 bits per heavy atom. The van der Waals surface area contributed by atoms with Crippen molar-refractivity contribution in [2.24, 2.45) is 0 Å². The van der Waals surface area contributed by atoms with E-state index in [1.807, 2.05) is 30.3 Å². The number of nitro groups is 1. The highest BCUT2D eigenvalue weighted by atomic mass is 35.5. The molecule has 7 heteroatoms. The highest BCUT2D eigenvalue weighted by molar-refractivity contribution is 6.31. The number of carbonyl (C=O) groups is 1. The van der Waals surface area contributed by atoms with Crippen LogP contribution in [0.2, 0.25) is 5.02 Å². The third-order valence-corrected chi connectivity index (χ3v) is 4.00. The number of nitrogens with zero attached hydrogens (tertiary/aromatic N) is 1. The Morgan fingerprint density at radius 3 is 2.41 bits per heavy atom. The molecule has 0 unspecified atom stereocenters. The molecule has 0 spiro atoms. The minimum absolute atomic E-state index is 0.0822. The van der Waals surface area contributed by atoms with Gasteiger partial charge in [0.25, 0.3) is 11.6 Å². The molecular weight excluding hydrogens is 368 g/mol. The van der Waals surface area contributed by atoms with Crippen LogP contribution in [-0.4, -0.2) is 10.8 Å². The maximum absolute atomic E-state index is 12.5. The maximum Gasteiger partial charge on any atom is 0.269 e. The van der Waals surface area contributed by atoms with Crippen molar-refractivity contribution in [3.8, 4) is 5.75 Å². The van der Waals surface area contributed by atoms with E-state index in [2.05, 4.69) is 5.32 Å². The summed E-state index contributed by atoms with van der Waals surface area (Å²) in [7, 11) is 0. The lowest BCUT2D eigenvalue weighted by molar-refractivity contribution is -0.384. The fraction of sp³-hybridized carbons (Fsp3) is 0.0500. The first kappa shape index (κ1) is 18.4. The van der Waals surface area contributed by atoms with E-state index in [1.54, 1.807) is 18.2 Å². The zero-order chi connectivity index (χ0) is 19.2. The summed E-state index contributed by atoms with van der Waals surface area (Å²) in [6.07, 6.45) is 0.